The lowest BCUT2D eigenvalue weighted by Gasteiger charge is -2.08. The number of carbonyl (C=O) groups excluding carboxylic acids is 1. The summed E-state index contributed by atoms with van der Waals surface area (Å²) in [5.74, 6) is -0.0423. The van der Waals surface area contributed by atoms with Crippen LogP contribution in [0.4, 0.5) is 0 Å². The third-order valence-corrected chi connectivity index (χ3v) is 4.28. The van der Waals surface area contributed by atoms with E-state index in [0.717, 1.165) is 35.6 Å². The van der Waals surface area contributed by atoms with Crippen LogP contribution in [0.5, 0.6) is 0 Å². The van der Waals surface area contributed by atoms with Gasteiger partial charge in [-0.2, -0.15) is 10.2 Å². The molecular formula is C20H25N5O. The molecule has 136 valence electrons. The summed E-state index contributed by atoms with van der Waals surface area (Å²) >= 11 is 0. The minimum Gasteiger partial charge on any atom is -0.352 e. The van der Waals surface area contributed by atoms with Crippen molar-refractivity contribution in [1.29, 1.82) is 0 Å². The van der Waals surface area contributed by atoms with E-state index < -0.39 is 0 Å². The normalized spacial score (nSPS) is 10.9. The highest BCUT2D eigenvalue weighted by molar-refractivity contribution is 5.94. The lowest BCUT2D eigenvalue weighted by atomic mass is 10.1. The van der Waals surface area contributed by atoms with E-state index in [0.29, 0.717) is 18.7 Å². The fourth-order valence-corrected chi connectivity index (χ4v) is 2.90. The first-order valence-corrected chi connectivity index (χ1v) is 8.89. The lowest BCUT2D eigenvalue weighted by Crippen LogP contribution is -2.25. The summed E-state index contributed by atoms with van der Waals surface area (Å²) in [7, 11) is 0. The molecule has 0 unspecified atom stereocenters. The third kappa shape index (κ3) is 4.59. The molecule has 0 aliphatic carbocycles. The van der Waals surface area contributed by atoms with E-state index in [2.05, 4.69) is 21.6 Å². The minimum atomic E-state index is -0.0423. The average Bonchev–Trinajstić information content (AvgIpc) is 3.17. The first-order chi connectivity index (χ1) is 12.5. The number of rotatable bonds is 7. The molecule has 2 heterocycles. The topological polar surface area (TPSA) is 64.7 Å². The fraction of sp³-hybridized carbons (Fsp3) is 0.350. The van der Waals surface area contributed by atoms with Gasteiger partial charge < -0.3 is 5.32 Å². The van der Waals surface area contributed by atoms with E-state index in [9.17, 15) is 4.79 Å². The number of carbonyl (C=O) groups is 1. The molecule has 1 amide bonds. The van der Waals surface area contributed by atoms with Crippen LogP contribution >= 0.6 is 0 Å². The van der Waals surface area contributed by atoms with E-state index in [-0.39, 0.29) is 5.91 Å². The summed E-state index contributed by atoms with van der Waals surface area (Å²) in [6.07, 6.45) is 2.81. The van der Waals surface area contributed by atoms with Gasteiger partial charge in [-0.15, -0.1) is 0 Å². The molecule has 2 aromatic heterocycles. The van der Waals surface area contributed by atoms with Crippen molar-refractivity contribution in [2.24, 2.45) is 0 Å². The van der Waals surface area contributed by atoms with Crippen LogP contribution in [-0.2, 0) is 13.1 Å². The van der Waals surface area contributed by atoms with Crippen molar-refractivity contribution in [2.75, 3.05) is 6.54 Å². The molecule has 26 heavy (non-hydrogen) atoms. The number of nitrogens with one attached hydrogen (secondary N) is 1. The number of hydrogen-bond acceptors (Lipinski definition) is 3. The fourth-order valence-electron chi connectivity index (χ4n) is 2.90. The van der Waals surface area contributed by atoms with E-state index >= 15 is 0 Å². The van der Waals surface area contributed by atoms with Crippen molar-refractivity contribution in [1.82, 2.24) is 24.9 Å². The highest BCUT2D eigenvalue weighted by Gasteiger charge is 2.06. The second-order valence-corrected chi connectivity index (χ2v) is 6.61. The highest BCUT2D eigenvalue weighted by Crippen LogP contribution is 2.09. The monoisotopic (exact) mass is 351 g/mol. The van der Waals surface area contributed by atoms with Gasteiger partial charge in [0.05, 0.1) is 17.9 Å². The molecule has 0 aliphatic heterocycles. The quantitative estimate of drug-likeness (QED) is 0.666. The Morgan fingerprint density at radius 1 is 1.04 bits per heavy atom. The summed E-state index contributed by atoms with van der Waals surface area (Å²) in [6.45, 7) is 8.15. The smallest absolute Gasteiger partial charge is 0.251 e. The number of benzene rings is 1. The van der Waals surface area contributed by atoms with E-state index in [1.807, 2.05) is 66.7 Å². The average molecular weight is 351 g/mol. The Labute approximate surface area is 153 Å². The molecule has 0 radical (unpaired) electrons. The van der Waals surface area contributed by atoms with Gasteiger partial charge in [0.15, 0.2) is 0 Å². The van der Waals surface area contributed by atoms with Crippen molar-refractivity contribution < 1.29 is 4.79 Å². The van der Waals surface area contributed by atoms with Gasteiger partial charge >= 0.3 is 0 Å². The summed E-state index contributed by atoms with van der Waals surface area (Å²) in [4.78, 5) is 12.2. The standard InChI is InChI=1S/C20H25N5O/c1-15-9-12-24(22-15)11-4-10-21-20(26)19-7-5-18(6-8-19)14-25-17(3)13-16(2)23-25/h5-9,12-13H,4,10-11,14H2,1-3H3,(H,21,26). The van der Waals surface area contributed by atoms with Crippen LogP contribution in [-0.4, -0.2) is 32.0 Å². The summed E-state index contributed by atoms with van der Waals surface area (Å²) < 4.78 is 3.87. The van der Waals surface area contributed by atoms with Gasteiger partial charge in [0.1, 0.15) is 0 Å². The van der Waals surface area contributed by atoms with Crippen molar-refractivity contribution in [3.8, 4) is 0 Å². The molecular weight excluding hydrogens is 326 g/mol. The molecule has 6 heteroatoms. The summed E-state index contributed by atoms with van der Waals surface area (Å²) in [6, 6.07) is 11.7. The van der Waals surface area contributed by atoms with Crippen molar-refractivity contribution in [2.45, 2.75) is 40.3 Å². The molecule has 3 aromatic rings. The van der Waals surface area contributed by atoms with Crippen LogP contribution in [0, 0.1) is 20.8 Å². The third-order valence-electron chi connectivity index (χ3n) is 4.28. The Bertz CT molecular complexity index is 876. The zero-order chi connectivity index (χ0) is 18.5. The maximum atomic E-state index is 12.2. The maximum absolute atomic E-state index is 12.2. The van der Waals surface area contributed by atoms with Gasteiger partial charge in [-0.05, 0) is 57.0 Å². The highest BCUT2D eigenvalue weighted by atomic mass is 16.1. The predicted molar refractivity (Wildman–Crippen MR) is 101 cm³/mol. The molecule has 0 saturated heterocycles. The molecule has 1 N–H and O–H groups in total. The summed E-state index contributed by atoms with van der Waals surface area (Å²) in [5.41, 5.74) is 4.97. The Morgan fingerprint density at radius 3 is 2.42 bits per heavy atom. The van der Waals surface area contributed by atoms with Gasteiger partial charge in [-0.1, -0.05) is 12.1 Å². The van der Waals surface area contributed by atoms with Crippen molar-refractivity contribution >= 4 is 5.91 Å². The van der Waals surface area contributed by atoms with Gasteiger partial charge in [0.25, 0.3) is 5.91 Å². The number of aryl methyl sites for hydroxylation is 4. The van der Waals surface area contributed by atoms with Crippen molar-refractivity contribution in [3.63, 3.8) is 0 Å². The summed E-state index contributed by atoms with van der Waals surface area (Å²) in [5, 5.41) is 11.8. The molecule has 1 aromatic carbocycles. The molecule has 3 rings (SSSR count). The number of aromatic nitrogens is 4. The number of nitrogens with zero attached hydrogens (tertiary/aromatic N) is 4. The Balaban J connectivity index is 1.48. The molecule has 6 nitrogen and oxygen atoms in total. The Kier molecular flexibility index (Phi) is 5.51. The van der Waals surface area contributed by atoms with Gasteiger partial charge in [-0.25, -0.2) is 0 Å². The predicted octanol–water partition coefficient (Wildman–Crippen LogP) is 2.87. The molecule has 0 atom stereocenters. The minimum absolute atomic E-state index is 0.0423. The van der Waals surface area contributed by atoms with Crippen LogP contribution in [0.1, 0.15) is 39.4 Å². The van der Waals surface area contributed by atoms with Gasteiger partial charge in [0, 0.05) is 30.5 Å². The van der Waals surface area contributed by atoms with E-state index in [1.165, 1.54) is 0 Å². The zero-order valence-corrected chi connectivity index (χ0v) is 15.6. The number of amides is 1. The first-order valence-electron chi connectivity index (χ1n) is 8.89. The molecule has 0 fully saturated rings. The van der Waals surface area contributed by atoms with Crippen LogP contribution in [0.25, 0.3) is 0 Å². The van der Waals surface area contributed by atoms with Gasteiger partial charge in [-0.3, -0.25) is 14.2 Å². The van der Waals surface area contributed by atoms with E-state index in [4.69, 9.17) is 0 Å². The van der Waals surface area contributed by atoms with Crippen LogP contribution < -0.4 is 5.32 Å². The Hall–Kier alpha value is -2.89. The second kappa shape index (κ2) is 7.99. The maximum Gasteiger partial charge on any atom is 0.251 e. The van der Waals surface area contributed by atoms with Crippen LogP contribution in [0.3, 0.4) is 0 Å². The molecule has 0 aliphatic rings. The van der Waals surface area contributed by atoms with Gasteiger partial charge in [0.2, 0.25) is 0 Å². The largest absolute Gasteiger partial charge is 0.352 e. The van der Waals surface area contributed by atoms with Crippen LogP contribution in [0.15, 0.2) is 42.6 Å². The Morgan fingerprint density at radius 2 is 1.81 bits per heavy atom. The van der Waals surface area contributed by atoms with E-state index in [1.54, 1.807) is 0 Å². The molecule has 0 saturated carbocycles. The zero-order valence-electron chi connectivity index (χ0n) is 15.6. The molecule has 0 spiro atoms. The SMILES string of the molecule is Cc1ccn(CCCNC(=O)c2ccc(Cn3nc(C)cc3C)cc2)n1. The molecule has 0 bridgehead atoms. The number of hydrogen-bond donors (Lipinski definition) is 1. The first kappa shape index (κ1) is 17.9. The van der Waals surface area contributed by atoms with Crippen molar-refractivity contribution in [3.05, 3.63) is 70.8 Å². The lowest BCUT2D eigenvalue weighted by molar-refractivity contribution is 0.0952. The van der Waals surface area contributed by atoms with Crippen LogP contribution in [0.2, 0.25) is 0 Å². The second-order valence-electron chi connectivity index (χ2n) is 6.61.